The number of aliphatic hydroxyl groups is 1. The van der Waals surface area contributed by atoms with Crippen LogP contribution in [0.15, 0.2) is 72.6 Å². The van der Waals surface area contributed by atoms with E-state index in [1.807, 2.05) is 0 Å². The number of alkyl halides is 3. The molecule has 1 saturated heterocycles. The van der Waals surface area contributed by atoms with Crippen molar-refractivity contribution in [3.05, 3.63) is 83.7 Å². The van der Waals surface area contributed by atoms with Gasteiger partial charge in [-0.2, -0.15) is 0 Å². The Bertz CT molecular complexity index is 1300. The molecule has 0 spiro atoms. The molecule has 0 aliphatic carbocycles. The van der Waals surface area contributed by atoms with Crippen LogP contribution in [0, 0.1) is 0 Å². The molecule has 0 radical (unpaired) electrons. The van der Waals surface area contributed by atoms with Crippen LogP contribution in [0.1, 0.15) is 17.2 Å². The van der Waals surface area contributed by atoms with Crippen molar-refractivity contribution in [1.82, 2.24) is 4.98 Å². The van der Waals surface area contributed by atoms with E-state index in [1.165, 1.54) is 38.7 Å². The van der Waals surface area contributed by atoms with Crippen molar-refractivity contribution in [3.8, 4) is 17.2 Å². The number of halogens is 3. The third-order valence-corrected chi connectivity index (χ3v) is 5.48. The topological polar surface area (TPSA) is 98.2 Å². The van der Waals surface area contributed by atoms with Gasteiger partial charge in [0.05, 0.1) is 25.8 Å². The summed E-state index contributed by atoms with van der Waals surface area (Å²) in [5, 5.41) is 11.4. The fourth-order valence-corrected chi connectivity index (χ4v) is 3.99. The lowest BCUT2D eigenvalue weighted by molar-refractivity contribution is -0.274. The van der Waals surface area contributed by atoms with Gasteiger partial charge in [-0.1, -0.05) is 6.07 Å². The van der Waals surface area contributed by atoms with E-state index < -0.39 is 35.6 Å². The van der Waals surface area contributed by atoms with E-state index in [0.717, 1.165) is 17.0 Å². The molecule has 0 bridgehead atoms. The Morgan fingerprint density at radius 3 is 2.06 bits per heavy atom. The summed E-state index contributed by atoms with van der Waals surface area (Å²) in [6, 6.07) is 11.2. The van der Waals surface area contributed by atoms with Crippen molar-refractivity contribution in [3.63, 3.8) is 0 Å². The van der Waals surface area contributed by atoms with Gasteiger partial charge < -0.3 is 19.3 Å². The molecule has 1 aliphatic heterocycles. The second kappa shape index (κ2) is 9.61. The number of nitrogens with zero attached hydrogens (tertiary/aromatic N) is 2. The third-order valence-electron chi connectivity index (χ3n) is 5.48. The molecule has 1 aliphatic rings. The lowest BCUT2D eigenvalue weighted by atomic mass is 9.95. The van der Waals surface area contributed by atoms with Crippen LogP contribution in [-0.4, -0.2) is 42.4 Å². The molecule has 2 aromatic carbocycles. The molecule has 186 valence electrons. The number of hydrogen-bond acceptors (Lipinski definition) is 7. The number of ketones is 1. The highest BCUT2D eigenvalue weighted by molar-refractivity contribution is 6.51. The molecule has 1 amide bonds. The van der Waals surface area contributed by atoms with E-state index in [1.54, 1.807) is 30.3 Å². The number of Topliss-reactive ketones (excluding diaryl/α,β-unsaturated/α-hetero) is 1. The van der Waals surface area contributed by atoms with E-state index in [-0.39, 0.29) is 28.3 Å². The van der Waals surface area contributed by atoms with Crippen molar-refractivity contribution < 1.29 is 42.1 Å². The minimum atomic E-state index is -4.89. The first kappa shape index (κ1) is 24.6. The average Bonchev–Trinajstić information content (AvgIpc) is 3.13. The van der Waals surface area contributed by atoms with E-state index in [9.17, 15) is 27.9 Å². The van der Waals surface area contributed by atoms with Crippen LogP contribution >= 0.6 is 0 Å². The predicted octanol–water partition coefficient (Wildman–Crippen LogP) is 4.62. The number of rotatable bonds is 6. The molecule has 4 rings (SSSR count). The Hall–Kier alpha value is -4.54. The lowest BCUT2D eigenvalue weighted by Crippen LogP contribution is -2.29. The Balaban J connectivity index is 1.90. The van der Waals surface area contributed by atoms with Gasteiger partial charge in [-0.15, -0.1) is 13.2 Å². The van der Waals surface area contributed by atoms with Crippen molar-refractivity contribution >= 4 is 23.1 Å². The first-order valence-electron chi connectivity index (χ1n) is 10.4. The third kappa shape index (κ3) is 4.54. The predicted molar refractivity (Wildman–Crippen MR) is 122 cm³/mol. The summed E-state index contributed by atoms with van der Waals surface area (Å²) in [6.07, 6.45) is -2.01. The maximum absolute atomic E-state index is 13.3. The molecule has 2 heterocycles. The summed E-state index contributed by atoms with van der Waals surface area (Å²) in [7, 11) is 2.74. The van der Waals surface area contributed by atoms with Gasteiger partial charge in [0, 0.05) is 18.1 Å². The van der Waals surface area contributed by atoms with E-state index in [2.05, 4.69) is 9.72 Å². The number of pyridine rings is 1. The van der Waals surface area contributed by atoms with Crippen molar-refractivity contribution in [2.45, 2.75) is 12.4 Å². The van der Waals surface area contributed by atoms with Crippen LogP contribution in [0.25, 0.3) is 5.76 Å². The average molecular weight is 500 g/mol. The standard InChI is InChI=1S/C25H19F3N2O6/c1-34-17-4-3-5-18(35-2)19(17)22(31)20-21(14-10-12-29-13-11-14)30(24(33)23(20)32)15-6-8-16(9-7-15)36-25(26,27)28/h3-13,21,31H,1-2H3/b22-20+. The molecule has 3 aromatic rings. The highest BCUT2D eigenvalue weighted by atomic mass is 19.4. The van der Waals surface area contributed by atoms with Gasteiger partial charge in [-0.3, -0.25) is 19.5 Å². The quantitative estimate of drug-likeness (QED) is 0.300. The number of benzene rings is 2. The van der Waals surface area contributed by atoms with Crippen molar-refractivity contribution in [2.24, 2.45) is 0 Å². The van der Waals surface area contributed by atoms with Gasteiger partial charge in [0.25, 0.3) is 11.7 Å². The SMILES string of the molecule is COc1cccc(OC)c1/C(O)=C1\C(=O)C(=O)N(c2ccc(OC(F)(F)F)cc2)C1c1ccncc1. The number of carbonyl (C=O) groups is 2. The Morgan fingerprint density at radius 2 is 1.53 bits per heavy atom. The zero-order valence-corrected chi connectivity index (χ0v) is 18.9. The summed E-state index contributed by atoms with van der Waals surface area (Å²) in [5.74, 6) is -2.64. The molecular weight excluding hydrogens is 481 g/mol. The van der Waals surface area contributed by atoms with E-state index >= 15 is 0 Å². The van der Waals surface area contributed by atoms with Crippen LogP contribution in [0.2, 0.25) is 0 Å². The number of amides is 1. The van der Waals surface area contributed by atoms with Gasteiger partial charge >= 0.3 is 6.36 Å². The first-order chi connectivity index (χ1) is 17.2. The fourth-order valence-electron chi connectivity index (χ4n) is 3.99. The monoisotopic (exact) mass is 500 g/mol. The second-order valence-corrected chi connectivity index (χ2v) is 7.53. The highest BCUT2D eigenvalue weighted by Crippen LogP contribution is 2.45. The van der Waals surface area contributed by atoms with E-state index in [0.29, 0.717) is 5.56 Å². The molecule has 0 saturated carbocycles. The number of methoxy groups -OCH3 is 2. The second-order valence-electron chi connectivity index (χ2n) is 7.53. The number of aromatic nitrogens is 1. The molecule has 36 heavy (non-hydrogen) atoms. The summed E-state index contributed by atoms with van der Waals surface area (Å²) in [5.41, 5.74) is 0.341. The number of aliphatic hydroxyl groups excluding tert-OH is 1. The Morgan fingerprint density at radius 1 is 0.944 bits per heavy atom. The van der Waals surface area contributed by atoms with Crippen LogP contribution in [0.3, 0.4) is 0 Å². The van der Waals surface area contributed by atoms with Gasteiger partial charge in [0.1, 0.15) is 28.6 Å². The Labute approximate surface area is 203 Å². The molecular formula is C25H19F3N2O6. The van der Waals surface area contributed by atoms with Crippen LogP contribution in [-0.2, 0) is 9.59 Å². The van der Waals surface area contributed by atoms with Crippen LogP contribution in [0.4, 0.5) is 18.9 Å². The number of hydrogen-bond donors (Lipinski definition) is 1. The maximum atomic E-state index is 13.3. The number of ether oxygens (including phenoxy) is 3. The molecule has 1 atom stereocenters. The largest absolute Gasteiger partial charge is 0.573 e. The van der Waals surface area contributed by atoms with Crippen molar-refractivity contribution in [1.29, 1.82) is 0 Å². The maximum Gasteiger partial charge on any atom is 0.573 e. The van der Waals surface area contributed by atoms with Gasteiger partial charge in [-0.05, 0) is 54.1 Å². The minimum Gasteiger partial charge on any atom is -0.506 e. The van der Waals surface area contributed by atoms with Gasteiger partial charge in [-0.25, -0.2) is 0 Å². The lowest BCUT2D eigenvalue weighted by Gasteiger charge is -2.25. The zero-order valence-electron chi connectivity index (χ0n) is 18.9. The molecule has 8 nitrogen and oxygen atoms in total. The summed E-state index contributed by atoms with van der Waals surface area (Å²) in [4.78, 5) is 31.5. The normalized spacial score (nSPS) is 17.2. The highest BCUT2D eigenvalue weighted by Gasteiger charge is 2.47. The first-order valence-corrected chi connectivity index (χ1v) is 10.4. The smallest absolute Gasteiger partial charge is 0.506 e. The summed E-state index contributed by atoms with van der Waals surface area (Å²) in [6.45, 7) is 0. The minimum absolute atomic E-state index is 0.0634. The number of anilines is 1. The van der Waals surface area contributed by atoms with Gasteiger partial charge in [0.2, 0.25) is 0 Å². The molecule has 1 aromatic heterocycles. The molecule has 1 unspecified atom stereocenters. The number of carbonyl (C=O) groups excluding carboxylic acids is 2. The zero-order chi connectivity index (χ0) is 26.0. The Kier molecular flexibility index (Phi) is 6.56. The van der Waals surface area contributed by atoms with E-state index in [4.69, 9.17) is 9.47 Å². The fraction of sp³-hybridized carbons (Fsp3) is 0.160. The van der Waals surface area contributed by atoms with Crippen molar-refractivity contribution in [2.75, 3.05) is 19.1 Å². The molecule has 1 N–H and O–H groups in total. The van der Waals surface area contributed by atoms with Gasteiger partial charge in [0.15, 0.2) is 0 Å². The summed E-state index contributed by atoms with van der Waals surface area (Å²) >= 11 is 0. The van der Waals surface area contributed by atoms with Crippen LogP contribution < -0.4 is 19.1 Å². The molecule has 11 heteroatoms. The molecule has 1 fully saturated rings. The summed E-state index contributed by atoms with van der Waals surface area (Å²) < 4.78 is 52.3. The van der Waals surface area contributed by atoms with Crippen LogP contribution in [0.5, 0.6) is 17.2 Å².